The van der Waals surface area contributed by atoms with Gasteiger partial charge in [-0.2, -0.15) is 5.10 Å². The molecule has 1 aliphatic rings. The summed E-state index contributed by atoms with van der Waals surface area (Å²) in [4.78, 5) is 3.39. The number of nitrogens with one attached hydrogen (secondary N) is 1. The number of aliphatic imine (C=N–C) groups is 1. The Balaban J connectivity index is 2.88. The van der Waals surface area contributed by atoms with E-state index in [1.54, 1.807) is 7.05 Å². The number of hydrogen-bond acceptors (Lipinski definition) is 3. The third kappa shape index (κ3) is 2.53. The first-order valence-corrected chi connectivity index (χ1v) is 5.37. The fourth-order valence-electron chi connectivity index (χ4n) is 1.11. The summed E-state index contributed by atoms with van der Waals surface area (Å²) in [5.74, 6) is 6.27. The van der Waals surface area contributed by atoms with Gasteiger partial charge in [0.05, 0.1) is 12.3 Å². The van der Waals surface area contributed by atoms with Crippen LogP contribution in [0.5, 0.6) is 0 Å². The van der Waals surface area contributed by atoms with Crippen molar-refractivity contribution in [1.29, 1.82) is 0 Å². The van der Waals surface area contributed by atoms with E-state index in [2.05, 4.69) is 15.5 Å². The molecule has 5 nitrogen and oxygen atoms in total. The largest absolute Gasteiger partial charge is 0.274 e. The molecule has 0 bridgehead atoms. The van der Waals surface area contributed by atoms with Gasteiger partial charge in [-0.3, -0.25) is 10.0 Å². The van der Waals surface area contributed by atoms with Crippen LogP contribution in [-0.4, -0.2) is 35.1 Å². The molecule has 1 rings (SSSR count). The van der Waals surface area contributed by atoms with Gasteiger partial charge in [-0.05, 0) is 0 Å². The second-order valence-electron chi connectivity index (χ2n) is 3.87. The average Bonchev–Trinajstić information content (AvgIpc) is 2.17. The van der Waals surface area contributed by atoms with E-state index in [0.717, 1.165) is 5.71 Å². The van der Waals surface area contributed by atoms with Gasteiger partial charge in [0.1, 0.15) is 4.84 Å². The smallest absolute Gasteiger partial charge is 0.229 e. The van der Waals surface area contributed by atoms with Crippen LogP contribution in [0.2, 0.25) is 0 Å². The lowest BCUT2D eigenvalue weighted by molar-refractivity contribution is 0.431. The molecule has 0 radical (unpaired) electrons. The number of halogens is 2. The van der Waals surface area contributed by atoms with Crippen molar-refractivity contribution in [3.63, 3.8) is 0 Å². The molecule has 0 fully saturated rings. The van der Waals surface area contributed by atoms with Crippen molar-refractivity contribution < 1.29 is 0 Å². The summed E-state index contributed by atoms with van der Waals surface area (Å²) >= 11 is 11.8. The van der Waals surface area contributed by atoms with Gasteiger partial charge in [-0.15, -0.1) is 23.2 Å². The third-order valence-corrected chi connectivity index (χ3v) is 3.48. The van der Waals surface area contributed by atoms with Crippen LogP contribution in [0.3, 0.4) is 0 Å². The van der Waals surface area contributed by atoms with Gasteiger partial charge in [0.25, 0.3) is 0 Å². The molecule has 7 heteroatoms. The maximum atomic E-state index is 5.89. The highest BCUT2D eigenvalue weighted by atomic mass is 35.5. The second-order valence-corrected chi connectivity index (χ2v) is 4.96. The van der Waals surface area contributed by atoms with Crippen molar-refractivity contribution in [3.05, 3.63) is 0 Å². The second kappa shape index (κ2) is 4.55. The monoisotopic (exact) mass is 251 g/mol. The van der Waals surface area contributed by atoms with Crippen molar-refractivity contribution in [1.82, 2.24) is 10.4 Å². The van der Waals surface area contributed by atoms with Crippen LogP contribution in [0.15, 0.2) is 10.1 Å². The molecule has 0 aromatic heterocycles. The van der Waals surface area contributed by atoms with Crippen molar-refractivity contribution in [2.45, 2.75) is 18.7 Å². The van der Waals surface area contributed by atoms with E-state index < -0.39 is 10.3 Å². The fourth-order valence-corrected chi connectivity index (χ4v) is 1.36. The number of alkyl halides is 2. The zero-order valence-electron chi connectivity index (χ0n) is 8.96. The summed E-state index contributed by atoms with van der Waals surface area (Å²) in [6.45, 7) is 4.29. The SMILES string of the molecule is CN=C1NN=C(C(C)(C)C(Cl)Cl)CN1N. The van der Waals surface area contributed by atoms with E-state index in [9.17, 15) is 0 Å². The first kappa shape index (κ1) is 12.5. The summed E-state index contributed by atoms with van der Waals surface area (Å²) in [5.41, 5.74) is 3.13. The summed E-state index contributed by atoms with van der Waals surface area (Å²) in [6, 6.07) is 0. The average molecular weight is 252 g/mol. The molecule has 0 spiro atoms. The molecule has 0 aliphatic carbocycles. The standard InChI is InChI=1S/C8H15Cl2N5/c1-8(2,6(9)10)5-4-15(11)7(12-3)14-13-5/h6H,4,11H2,1-3H3,(H,12,14). The molecule has 0 atom stereocenters. The van der Waals surface area contributed by atoms with Gasteiger partial charge < -0.3 is 0 Å². The van der Waals surface area contributed by atoms with Crippen LogP contribution < -0.4 is 11.3 Å². The quantitative estimate of drug-likeness (QED) is 0.567. The van der Waals surface area contributed by atoms with Crippen molar-refractivity contribution in [2.24, 2.45) is 21.4 Å². The van der Waals surface area contributed by atoms with E-state index in [4.69, 9.17) is 29.0 Å². The molecule has 0 aromatic carbocycles. The number of hydrazine groups is 1. The normalized spacial score (nSPS) is 20.6. The molecule has 3 N–H and O–H groups in total. The lowest BCUT2D eigenvalue weighted by atomic mass is 9.89. The Morgan fingerprint density at radius 1 is 1.60 bits per heavy atom. The number of hydrogen-bond donors (Lipinski definition) is 2. The van der Waals surface area contributed by atoms with Crippen molar-refractivity contribution >= 4 is 34.9 Å². The van der Waals surface area contributed by atoms with Crippen LogP contribution in [0.25, 0.3) is 0 Å². The first-order chi connectivity index (χ1) is 6.89. The zero-order valence-corrected chi connectivity index (χ0v) is 10.5. The number of nitrogens with zero attached hydrogens (tertiary/aromatic N) is 3. The number of rotatable bonds is 2. The Hall–Kier alpha value is -0.520. The molecule has 0 unspecified atom stereocenters. The van der Waals surface area contributed by atoms with Gasteiger partial charge in [0.15, 0.2) is 0 Å². The lowest BCUT2D eigenvalue weighted by Gasteiger charge is -2.34. The third-order valence-electron chi connectivity index (χ3n) is 2.38. The molecule has 86 valence electrons. The molecule has 15 heavy (non-hydrogen) atoms. The van der Waals surface area contributed by atoms with Crippen LogP contribution in [0.4, 0.5) is 0 Å². The van der Waals surface area contributed by atoms with Gasteiger partial charge in [0, 0.05) is 12.5 Å². The van der Waals surface area contributed by atoms with E-state index in [1.807, 2.05) is 13.8 Å². The highest BCUT2D eigenvalue weighted by Crippen LogP contribution is 2.31. The number of guanidine groups is 1. The maximum absolute atomic E-state index is 5.89. The maximum Gasteiger partial charge on any atom is 0.229 e. The summed E-state index contributed by atoms with van der Waals surface area (Å²) in [5, 5.41) is 5.64. The summed E-state index contributed by atoms with van der Waals surface area (Å²) in [7, 11) is 1.64. The topological polar surface area (TPSA) is 66.0 Å². The number of nitrogens with two attached hydrogens (primary N) is 1. The minimum absolute atomic E-state index is 0.424. The number of hydrazone groups is 1. The van der Waals surface area contributed by atoms with Gasteiger partial charge >= 0.3 is 0 Å². The Bertz CT molecular complexity index is 297. The van der Waals surface area contributed by atoms with Gasteiger partial charge in [-0.25, -0.2) is 11.3 Å². The summed E-state index contributed by atoms with van der Waals surface area (Å²) in [6.07, 6.45) is 0. The van der Waals surface area contributed by atoms with Crippen LogP contribution in [-0.2, 0) is 0 Å². The molecule has 0 amide bonds. The fraction of sp³-hybridized carbons (Fsp3) is 0.750. The van der Waals surface area contributed by atoms with E-state index in [1.165, 1.54) is 5.01 Å². The molecule has 0 aromatic rings. The molecule has 0 saturated carbocycles. The van der Waals surface area contributed by atoms with Crippen LogP contribution in [0.1, 0.15) is 13.8 Å². The molecule has 1 heterocycles. The predicted molar refractivity (Wildman–Crippen MR) is 64.1 cm³/mol. The lowest BCUT2D eigenvalue weighted by Crippen LogP contribution is -2.54. The Morgan fingerprint density at radius 3 is 2.60 bits per heavy atom. The highest BCUT2D eigenvalue weighted by molar-refractivity contribution is 6.46. The van der Waals surface area contributed by atoms with E-state index >= 15 is 0 Å². The van der Waals surface area contributed by atoms with Crippen LogP contribution in [0, 0.1) is 5.41 Å². The molecule has 0 saturated heterocycles. The van der Waals surface area contributed by atoms with Gasteiger partial charge in [0.2, 0.25) is 5.96 Å². The van der Waals surface area contributed by atoms with Gasteiger partial charge in [-0.1, -0.05) is 13.8 Å². The van der Waals surface area contributed by atoms with Crippen molar-refractivity contribution in [3.8, 4) is 0 Å². The van der Waals surface area contributed by atoms with Crippen molar-refractivity contribution in [2.75, 3.05) is 13.6 Å². The molecule has 1 aliphatic heterocycles. The Labute approximate surface area is 99.3 Å². The zero-order chi connectivity index (χ0) is 11.6. The van der Waals surface area contributed by atoms with E-state index in [0.29, 0.717) is 12.5 Å². The Kier molecular flexibility index (Phi) is 3.81. The minimum atomic E-state index is -0.536. The predicted octanol–water partition coefficient (Wildman–Crippen LogP) is 0.937. The molecular formula is C8H15Cl2N5. The molecular weight excluding hydrogens is 237 g/mol. The first-order valence-electron chi connectivity index (χ1n) is 4.49. The van der Waals surface area contributed by atoms with Crippen LogP contribution >= 0.6 is 23.2 Å². The highest BCUT2D eigenvalue weighted by Gasteiger charge is 2.35. The minimum Gasteiger partial charge on any atom is -0.274 e. The van der Waals surface area contributed by atoms with E-state index in [-0.39, 0.29) is 0 Å². The summed E-state index contributed by atoms with van der Waals surface area (Å²) < 4.78 is 0. The Morgan fingerprint density at radius 2 is 2.20 bits per heavy atom.